The Hall–Kier alpha value is -0.290. The number of aliphatic hydroxyl groups is 1. The molecule has 4 aliphatic rings. The van der Waals surface area contributed by atoms with Crippen LogP contribution in [0.25, 0.3) is 0 Å². The molecule has 4 aliphatic carbocycles. The highest BCUT2D eigenvalue weighted by Gasteiger charge is 2.62. The monoisotopic (exact) mass is 698 g/mol. The maximum atomic E-state index is 11.8. The van der Waals surface area contributed by atoms with Crippen LogP contribution in [0.5, 0.6) is 0 Å². The van der Waals surface area contributed by atoms with Gasteiger partial charge in [0.1, 0.15) is 0 Å². The van der Waals surface area contributed by atoms with Gasteiger partial charge in [-0.1, -0.05) is 48.5 Å². The number of aliphatic hydroxyl groups excluding tert-OH is 1. The second-order valence-electron chi connectivity index (χ2n) is 18.1. The van der Waals surface area contributed by atoms with Gasteiger partial charge in [0.15, 0.2) is 0 Å². The quantitative estimate of drug-likeness (QED) is 0.0668. The average molecular weight is 698 g/mol. The van der Waals surface area contributed by atoms with Gasteiger partial charge in [-0.2, -0.15) is 8.42 Å². The van der Waals surface area contributed by atoms with Crippen molar-refractivity contribution in [3.8, 4) is 0 Å². The van der Waals surface area contributed by atoms with Gasteiger partial charge in [0.05, 0.1) is 12.2 Å². The Balaban J connectivity index is 1.21. The summed E-state index contributed by atoms with van der Waals surface area (Å²) in [5, 5.41) is 22.9. The van der Waals surface area contributed by atoms with E-state index in [-0.39, 0.29) is 17.4 Å². The van der Waals surface area contributed by atoms with E-state index in [1.807, 2.05) is 13.8 Å². The maximum Gasteiger partial charge on any atom is 0.397 e. The van der Waals surface area contributed by atoms with Crippen LogP contribution in [0.1, 0.15) is 138 Å². The van der Waals surface area contributed by atoms with E-state index in [1.165, 1.54) is 70.6 Å². The molecule has 0 aliphatic heterocycles. The van der Waals surface area contributed by atoms with Crippen molar-refractivity contribution in [1.29, 1.82) is 0 Å². The fourth-order valence-corrected chi connectivity index (χ4v) is 12.0. The highest BCUT2D eigenvalue weighted by Crippen LogP contribution is 2.68. The zero-order valence-electron chi connectivity index (χ0n) is 31.8. The molecule has 0 aromatic heterocycles. The van der Waals surface area contributed by atoms with E-state index in [1.54, 1.807) is 0 Å². The van der Waals surface area contributed by atoms with Gasteiger partial charge in [-0.05, 0) is 181 Å². The van der Waals surface area contributed by atoms with Gasteiger partial charge < -0.3 is 21.1 Å². The van der Waals surface area contributed by atoms with Crippen LogP contribution in [-0.2, 0) is 14.6 Å². The van der Waals surface area contributed by atoms with Crippen molar-refractivity contribution in [2.45, 2.75) is 157 Å². The molecule has 11 atom stereocenters. The van der Waals surface area contributed by atoms with Crippen molar-refractivity contribution in [3.63, 3.8) is 0 Å². The summed E-state index contributed by atoms with van der Waals surface area (Å²) in [6, 6.07) is 0.578. The largest absolute Gasteiger partial charge is 0.397 e. The molecule has 4 rings (SSSR count). The first-order valence-electron chi connectivity index (χ1n) is 20.1. The second-order valence-corrected chi connectivity index (χ2v) is 19.1. The summed E-state index contributed by atoms with van der Waals surface area (Å²) in [5.74, 6) is 4.00. The smallest absolute Gasteiger partial charge is 0.393 e. The first-order chi connectivity index (χ1) is 22.7. The van der Waals surface area contributed by atoms with E-state index in [2.05, 4.69) is 50.6 Å². The van der Waals surface area contributed by atoms with Gasteiger partial charge in [0.2, 0.25) is 0 Å². The van der Waals surface area contributed by atoms with E-state index in [0.29, 0.717) is 53.4 Å². The third kappa shape index (κ3) is 10.4. The summed E-state index contributed by atoms with van der Waals surface area (Å²) in [6.07, 6.45) is 15.3. The van der Waals surface area contributed by atoms with Crippen LogP contribution in [0.15, 0.2) is 0 Å². The van der Waals surface area contributed by atoms with Crippen LogP contribution in [0.3, 0.4) is 0 Å². The molecular formula is C39H75N3O5S. The van der Waals surface area contributed by atoms with Crippen LogP contribution < -0.4 is 16.0 Å². The predicted octanol–water partition coefficient (Wildman–Crippen LogP) is 7.23. The normalized spacial score (nSPS) is 36.5. The predicted molar refractivity (Wildman–Crippen MR) is 197 cm³/mol. The first kappa shape index (κ1) is 40.5. The minimum Gasteiger partial charge on any atom is -0.393 e. The Morgan fingerprint density at radius 1 is 0.771 bits per heavy atom. The van der Waals surface area contributed by atoms with Gasteiger partial charge in [0.25, 0.3) is 0 Å². The van der Waals surface area contributed by atoms with Crippen molar-refractivity contribution in [3.05, 3.63) is 0 Å². The molecule has 0 radical (unpaired) electrons. The molecule has 0 bridgehead atoms. The SMILES string of the molecule is CC(C)CCNCCCCNCCCN[C@H]1CC[C@@]2(C)C(C1)C[C@H](O)C1C2CC[C@@]2(C)C1CCC2[C@@H](C)CC[C@@H](OS(=O)(=O)O)C(C)C. The lowest BCUT2D eigenvalue weighted by Crippen LogP contribution is -2.59. The van der Waals surface area contributed by atoms with Crippen molar-refractivity contribution in [1.82, 2.24) is 16.0 Å². The molecule has 48 heavy (non-hydrogen) atoms. The highest BCUT2D eigenvalue weighted by molar-refractivity contribution is 7.80. The summed E-state index contributed by atoms with van der Waals surface area (Å²) >= 11 is 0. The number of rotatable bonds is 20. The zero-order chi connectivity index (χ0) is 35.1. The zero-order valence-corrected chi connectivity index (χ0v) is 32.6. The Bertz CT molecular complexity index is 1070. The van der Waals surface area contributed by atoms with Crippen molar-refractivity contribution >= 4 is 10.4 Å². The summed E-state index contributed by atoms with van der Waals surface area (Å²) in [6.45, 7) is 21.4. The third-order valence-corrected chi connectivity index (χ3v) is 14.6. The molecule has 5 unspecified atom stereocenters. The summed E-state index contributed by atoms with van der Waals surface area (Å²) in [4.78, 5) is 0. The van der Waals surface area contributed by atoms with Crippen LogP contribution >= 0.6 is 0 Å². The average Bonchev–Trinajstić information content (AvgIpc) is 3.36. The van der Waals surface area contributed by atoms with Crippen molar-refractivity contribution in [2.24, 2.45) is 58.2 Å². The summed E-state index contributed by atoms with van der Waals surface area (Å²) < 4.78 is 37.2. The molecule has 0 spiro atoms. The minimum absolute atomic E-state index is 0.0156. The fourth-order valence-electron chi connectivity index (χ4n) is 11.3. The molecule has 4 fully saturated rings. The molecule has 4 saturated carbocycles. The molecule has 8 nitrogen and oxygen atoms in total. The van der Waals surface area contributed by atoms with E-state index in [4.69, 9.17) is 4.18 Å². The number of hydrogen-bond acceptors (Lipinski definition) is 7. The van der Waals surface area contributed by atoms with Crippen LogP contribution in [0.2, 0.25) is 0 Å². The van der Waals surface area contributed by atoms with Crippen LogP contribution in [-0.4, -0.2) is 69.1 Å². The minimum atomic E-state index is -4.46. The van der Waals surface area contributed by atoms with Gasteiger partial charge >= 0.3 is 10.4 Å². The summed E-state index contributed by atoms with van der Waals surface area (Å²) in [7, 11) is -4.46. The fraction of sp³-hybridized carbons (Fsp3) is 1.00. The number of fused-ring (bicyclic) bond motifs is 5. The van der Waals surface area contributed by atoms with Crippen LogP contribution in [0.4, 0.5) is 0 Å². The van der Waals surface area contributed by atoms with Gasteiger partial charge in [0, 0.05) is 6.04 Å². The summed E-state index contributed by atoms with van der Waals surface area (Å²) in [5.41, 5.74) is 0.551. The molecule has 0 amide bonds. The molecular weight excluding hydrogens is 623 g/mol. The molecule has 0 saturated heterocycles. The van der Waals surface area contributed by atoms with Crippen molar-refractivity contribution in [2.75, 3.05) is 32.7 Å². The van der Waals surface area contributed by atoms with E-state index >= 15 is 0 Å². The Kier molecular flexibility index (Phi) is 15.1. The standard InChI is InChI=1S/C39H75N3O5S/c1-27(2)17-24-41-21-9-8-20-40-22-10-23-42-31-15-18-38(6)30(25-31)26-35(43)37-33-13-12-32(39(33,7)19-16-34(37)38)29(5)11-14-36(28(3)4)47-48(44,45)46/h27-37,40-43H,8-26H2,1-7H3,(H,44,45,46)/t29-,30?,31-,32?,33?,34?,35-,36+,37?,38-,39+/m0/s1. The van der Waals surface area contributed by atoms with Gasteiger partial charge in [-0.15, -0.1) is 0 Å². The Labute approximate surface area is 295 Å². The number of unbranched alkanes of at least 4 members (excludes halogenated alkanes) is 1. The molecule has 9 heteroatoms. The molecule has 282 valence electrons. The van der Waals surface area contributed by atoms with Crippen molar-refractivity contribution < 1.29 is 22.3 Å². The lowest BCUT2D eigenvalue weighted by molar-refractivity contribution is -0.167. The molecule has 0 aromatic carbocycles. The van der Waals surface area contributed by atoms with E-state index in [9.17, 15) is 18.1 Å². The van der Waals surface area contributed by atoms with E-state index in [0.717, 1.165) is 51.5 Å². The molecule has 0 aromatic rings. The lowest BCUT2D eigenvalue weighted by atomic mass is 9.43. The van der Waals surface area contributed by atoms with Gasteiger partial charge in [-0.25, -0.2) is 4.18 Å². The topological polar surface area (TPSA) is 120 Å². The number of nitrogens with one attached hydrogen (secondary N) is 3. The maximum absolute atomic E-state index is 11.8. The van der Waals surface area contributed by atoms with Crippen LogP contribution in [0, 0.1) is 58.2 Å². The first-order valence-corrected chi connectivity index (χ1v) is 21.5. The number of hydrogen-bond donors (Lipinski definition) is 5. The molecule has 5 N–H and O–H groups in total. The Morgan fingerprint density at radius 2 is 1.42 bits per heavy atom. The van der Waals surface area contributed by atoms with Gasteiger partial charge in [-0.3, -0.25) is 4.55 Å². The third-order valence-electron chi connectivity index (χ3n) is 14.2. The second kappa shape index (κ2) is 18.0. The van der Waals surface area contributed by atoms with E-state index < -0.39 is 16.5 Å². The lowest BCUT2D eigenvalue weighted by Gasteiger charge is -2.62. The molecule has 0 heterocycles. The highest BCUT2D eigenvalue weighted by atomic mass is 32.3. The Morgan fingerprint density at radius 3 is 2.08 bits per heavy atom.